The van der Waals surface area contributed by atoms with Crippen LogP contribution < -0.4 is 14.8 Å². The lowest BCUT2D eigenvalue weighted by atomic mass is 10.0. The summed E-state index contributed by atoms with van der Waals surface area (Å²) in [4.78, 5) is 18.1. The number of nitrogens with zero attached hydrogens (tertiary/aromatic N) is 2. The first-order valence-corrected chi connectivity index (χ1v) is 12.9. The second kappa shape index (κ2) is 11.0. The Morgan fingerprint density at radius 3 is 2.50 bits per heavy atom. The largest absolute Gasteiger partial charge is 0.486 e. The fourth-order valence-corrected chi connectivity index (χ4v) is 5.42. The average Bonchev–Trinajstić information content (AvgIpc) is 3.53. The van der Waals surface area contributed by atoms with Crippen molar-refractivity contribution in [3.05, 3.63) is 58.6 Å². The molecule has 1 amide bonds. The molecule has 34 heavy (non-hydrogen) atoms. The van der Waals surface area contributed by atoms with Crippen molar-refractivity contribution in [2.24, 2.45) is 5.92 Å². The number of likely N-dealkylation sites (tertiary alicyclic amines) is 2. The molecule has 6 nitrogen and oxygen atoms in total. The van der Waals surface area contributed by atoms with Gasteiger partial charge in [-0.2, -0.15) is 0 Å². The van der Waals surface area contributed by atoms with Gasteiger partial charge in [0.05, 0.1) is 5.92 Å². The van der Waals surface area contributed by atoms with Crippen LogP contribution in [-0.2, 0) is 17.8 Å². The van der Waals surface area contributed by atoms with Gasteiger partial charge in [-0.25, -0.2) is 0 Å². The van der Waals surface area contributed by atoms with Crippen molar-refractivity contribution in [1.29, 1.82) is 0 Å². The smallest absolute Gasteiger partial charge is 0.224 e. The van der Waals surface area contributed by atoms with E-state index in [0.717, 1.165) is 68.6 Å². The highest BCUT2D eigenvalue weighted by molar-refractivity contribution is 6.30. The van der Waals surface area contributed by atoms with Crippen molar-refractivity contribution in [1.82, 2.24) is 15.1 Å². The van der Waals surface area contributed by atoms with E-state index in [-0.39, 0.29) is 17.9 Å². The highest BCUT2D eigenvalue weighted by Crippen LogP contribution is 2.31. The van der Waals surface area contributed by atoms with Crippen molar-refractivity contribution >= 4 is 17.5 Å². The fraction of sp³-hybridized carbons (Fsp3) is 0.519. The molecule has 2 saturated heterocycles. The van der Waals surface area contributed by atoms with Gasteiger partial charge in [0.1, 0.15) is 13.2 Å². The zero-order valence-corrected chi connectivity index (χ0v) is 20.4. The molecule has 0 saturated carbocycles. The van der Waals surface area contributed by atoms with Crippen LogP contribution in [0, 0.1) is 5.92 Å². The molecule has 0 bridgehead atoms. The number of fused-ring (bicyclic) bond motifs is 1. The van der Waals surface area contributed by atoms with Crippen molar-refractivity contribution in [2.75, 3.05) is 45.9 Å². The van der Waals surface area contributed by atoms with Gasteiger partial charge in [0, 0.05) is 30.7 Å². The maximum absolute atomic E-state index is 13.3. The Labute approximate surface area is 207 Å². The number of benzene rings is 2. The standard InChI is InChI=1S/C27H34ClN3O3/c28-23-6-3-20(4-7-23)17-31-12-9-22(18-31)27(32)29-24(19-30-10-1-2-11-30)15-21-5-8-25-26(16-21)34-14-13-33-25/h3-8,16,22,24H,1-2,9-15,17-19H2,(H,29,32)/t22-,24+/m1/s1. The van der Waals surface area contributed by atoms with Crippen LogP contribution in [0.4, 0.5) is 0 Å². The molecule has 2 aromatic rings. The SMILES string of the molecule is O=C(N[C@@H](Cc1ccc2c(c1)OCCO2)CN1CCCC1)[C@@H]1CCN(Cc2ccc(Cl)cc2)C1. The Balaban J connectivity index is 1.20. The van der Waals surface area contributed by atoms with Gasteiger partial charge in [0.2, 0.25) is 5.91 Å². The normalized spacial score (nSPS) is 21.5. The molecular weight excluding hydrogens is 450 g/mol. The van der Waals surface area contributed by atoms with Crippen LogP contribution in [-0.4, -0.2) is 67.7 Å². The molecule has 1 N–H and O–H groups in total. The zero-order valence-electron chi connectivity index (χ0n) is 19.7. The van der Waals surface area contributed by atoms with Gasteiger partial charge in [-0.05, 0) is 80.7 Å². The van der Waals surface area contributed by atoms with E-state index < -0.39 is 0 Å². The third-order valence-electron chi connectivity index (χ3n) is 7.07. The first kappa shape index (κ1) is 23.5. The number of halogens is 1. The van der Waals surface area contributed by atoms with Crippen molar-refractivity contribution in [3.8, 4) is 11.5 Å². The highest BCUT2D eigenvalue weighted by Gasteiger charge is 2.30. The van der Waals surface area contributed by atoms with Crippen LogP contribution in [0.1, 0.15) is 30.4 Å². The van der Waals surface area contributed by atoms with Crippen molar-refractivity contribution < 1.29 is 14.3 Å². The highest BCUT2D eigenvalue weighted by atomic mass is 35.5. The maximum atomic E-state index is 13.3. The number of nitrogens with one attached hydrogen (secondary N) is 1. The van der Waals surface area contributed by atoms with E-state index >= 15 is 0 Å². The van der Waals surface area contributed by atoms with Crippen LogP contribution >= 0.6 is 11.6 Å². The number of hydrogen-bond donors (Lipinski definition) is 1. The van der Waals surface area contributed by atoms with Gasteiger partial charge in [-0.15, -0.1) is 0 Å². The number of rotatable bonds is 8. The Morgan fingerprint density at radius 1 is 0.971 bits per heavy atom. The summed E-state index contributed by atoms with van der Waals surface area (Å²) in [6, 6.07) is 14.2. The van der Waals surface area contributed by atoms with Gasteiger partial charge < -0.3 is 19.7 Å². The topological polar surface area (TPSA) is 54.0 Å². The first-order chi connectivity index (χ1) is 16.6. The molecule has 3 aliphatic heterocycles. The number of amides is 1. The fourth-order valence-electron chi connectivity index (χ4n) is 5.29. The lowest BCUT2D eigenvalue weighted by molar-refractivity contribution is -0.125. The van der Waals surface area contributed by atoms with E-state index in [0.29, 0.717) is 13.2 Å². The number of hydrogen-bond acceptors (Lipinski definition) is 5. The molecule has 2 aromatic carbocycles. The second-order valence-corrected chi connectivity index (χ2v) is 10.2. The third kappa shape index (κ3) is 6.04. The number of carbonyl (C=O) groups is 1. The number of ether oxygens (including phenoxy) is 2. The minimum atomic E-state index is 0.0358. The zero-order chi connectivity index (χ0) is 23.3. The molecule has 0 aromatic heterocycles. The summed E-state index contributed by atoms with van der Waals surface area (Å²) in [6.45, 7) is 6.90. The molecule has 3 heterocycles. The molecule has 0 aliphatic carbocycles. The van der Waals surface area contributed by atoms with Gasteiger partial charge in [0.25, 0.3) is 0 Å². The van der Waals surface area contributed by atoms with Crippen LogP contribution in [0.3, 0.4) is 0 Å². The lowest BCUT2D eigenvalue weighted by Gasteiger charge is -2.26. The van der Waals surface area contributed by atoms with Crippen LogP contribution in [0.25, 0.3) is 0 Å². The summed E-state index contributed by atoms with van der Waals surface area (Å²) in [5.74, 6) is 1.83. The molecule has 0 radical (unpaired) electrons. The van der Waals surface area contributed by atoms with Crippen molar-refractivity contribution in [2.45, 2.75) is 38.3 Å². The molecule has 5 rings (SSSR count). The minimum Gasteiger partial charge on any atom is -0.486 e. The molecule has 7 heteroatoms. The first-order valence-electron chi connectivity index (χ1n) is 12.5. The van der Waals surface area contributed by atoms with Crippen LogP contribution in [0.2, 0.25) is 5.02 Å². The van der Waals surface area contributed by atoms with E-state index in [1.807, 2.05) is 18.2 Å². The molecule has 2 fully saturated rings. The summed E-state index contributed by atoms with van der Waals surface area (Å²) in [5, 5.41) is 4.16. The molecule has 0 unspecified atom stereocenters. The molecule has 0 spiro atoms. The maximum Gasteiger partial charge on any atom is 0.224 e. The lowest BCUT2D eigenvalue weighted by Crippen LogP contribution is -2.46. The van der Waals surface area contributed by atoms with Crippen LogP contribution in [0.15, 0.2) is 42.5 Å². The molecule has 2 atom stereocenters. The van der Waals surface area contributed by atoms with E-state index in [9.17, 15) is 4.79 Å². The van der Waals surface area contributed by atoms with E-state index in [4.69, 9.17) is 21.1 Å². The van der Waals surface area contributed by atoms with Gasteiger partial charge in [-0.1, -0.05) is 29.8 Å². The molecule has 3 aliphatic rings. The third-order valence-corrected chi connectivity index (χ3v) is 7.33. The van der Waals surface area contributed by atoms with E-state index in [1.165, 1.54) is 24.0 Å². The van der Waals surface area contributed by atoms with Crippen LogP contribution in [0.5, 0.6) is 11.5 Å². The Kier molecular flexibility index (Phi) is 7.57. The predicted octanol–water partition coefficient (Wildman–Crippen LogP) is 3.76. The quantitative estimate of drug-likeness (QED) is 0.619. The van der Waals surface area contributed by atoms with Gasteiger partial charge in [-0.3, -0.25) is 9.69 Å². The van der Waals surface area contributed by atoms with Gasteiger partial charge >= 0.3 is 0 Å². The summed E-state index contributed by atoms with van der Waals surface area (Å²) >= 11 is 6.01. The predicted molar refractivity (Wildman–Crippen MR) is 134 cm³/mol. The summed E-state index contributed by atoms with van der Waals surface area (Å²) in [7, 11) is 0. The Bertz CT molecular complexity index is 978. The second-order valence-electron chi connectivity index (χ2n) is 9.74. The minimum absolute atomic E-state index is 0.0358. The summed E-state index contributed by atoms with van der Waals surface area (Å²) in [6.07, 6.45) is 4.18. The number of carbonyl (C=O) groups excluding carboxylic acids is 1. The van der Waals surface area contributed by atoms with E-state index in [2.05, 4.69) is 39.4 Å². The molecule has 182 valence electrons. The monoisotopic (exact) mass is 483 g/mol. The average molecular weight is 484 g/mol. The summed E-state index contributed by atoms with van der Waals surface area (Å²) < 4.78 is 11.4. The summed E-state index contributed by atoms with van der Waals surface area (Å²) in [5.41, 5.74) is 2.40. The Morgan fingerprint density at radius 2 is 1.71 bits per heavy atom. The molecular formula is C27H34ClN3O3. The Hall–Kier alpha value is -2.28. The van der Waals surface area contributed by atoms with Crippen molar-refractivity contribution in [3.63, 3.8) is 0 Å². The van der Waals surface area contributed by atoms with Gasteiger partial charge in [0.15, 0.2) is 11.5 Å². The van der Waals surface area contributed by atoms with E-state index in [1.54, 1.807) is 0 Å².